The Morgan fingerprint density at radius 1 is 1.38 bits per heavy atom. The number of rotatable bonds is 4. The summed E-state index contributed by atoms with van der Waals surface area (Å²) in [6.45, 7) is 5.79. The van der Waals surface area contributed by atoms with Crippen molar-refractivity contribution in [1.82, 2.24) is 14.7 Å². The monoisotopic (exact) mass is 327 g/mol. The predicted octanol–water partition coefficient (Wildman–Crippen LogP) is 3.28. The molecule has 0 aromatic carbocycles. The molecule has 3 atom stereocenters. The lowest BCUT2D eigenvalue weighted by atomic mass is 10.0. The Morgan fingerprint density at radius 3 is 2.96 bits per heavy atom. The molecule has 1 aliphatic heterocycles. The molecule has 128 valence electrons. The van der Waals surface area contributed by atoms with Crippen molar-refractivity contribution in [3.63, 3.8) is 0 Å². The minimum atomic E-state index is 0.109. The highest BCUT2D eigenvalue weighted by molar-refractivity contribution is 5.83. The summed E-state index contributed by atoms with van der Waals surface area (Å²) in [6.07, 6.45) is 6.00. The van der Waals surface area contributed by atoms with Gasteiger partial charge in [-0.15, -0.1) is 0 Å². The van der Waals surface area contributed by atoms with Gasteiger partial charge in [-0.1, -0.05) is 0 Å². The molecule has 2 fully saturated rings. The second kappa shape index (κ2) is 6.11. The first-order chi connectivity index (χ1) is 11.6. The van der Waals surface area contributed by atoms with Crippen LogP contribution in [-0.4, -0.2) is 33.2 Å². The van der Waals surface area contributed by atoms with Gasteiger partial charge in [-0.05, 0) is 57.7 Å². The lowest BCUT2D eigenvalue weighted by Crippen LogP contribution is -2.47. The average molecular weight is 327 g/mol. The molecule has 1 amide bonds. The van der Waals surface area contributed by atoms with Gasteiger partial charge >= 0.3 is 0 Å². The van der Waals surface area contributed by atoms with E-state index in [1.54, 1.807) is 6.26 Å². The third kappa shape index (κ3) is 2.87. The smallest absolute Gasteiger partial charge is 0.226 e. The lowest BCUT2D eigenvalue weighted by molar-refractivity contribution is -0.136. The summed E-state index contributed by atoms with van der Waals surface area (Å²) in [5, 5.41) is 4.58. The van der Waals surface area contributed by atoms with E-state index in [9.17, 15) is 4.79 Å². The molecule has 1 aliphatic carbocycles. The fourth-order valence-corrected chi connectivity index (χ4v) is 4.04. The van der Waals surface area contributed by atoms with Gasteiger partial charge in [0.2, 0.25) is 5.91 Å². The maximum absolute atomic E-state index is 13.0. The number of furan rings is 1. The quantitative estimate of drug-likeness (QED) is 0.866. The first kappa shape index (κ1) is 15.5. The molecule has 5 nitrogen and oxygen atoms in total. The van der Waals surface area contributed by atoms with Crippen molar-refractivity contribution in [3.8, 4) is 0 Å². The van der Waals surface area contributed by atoms with Gasteiger partial charge in [0, 0.05) is 24.1 Å². The summed E-state index contributed by atoms with van der Waals surface area (Å²) in [5.41, 5.74) is 2.21. The summed E-state index contributed by atoms with van der Waals surface area (Å²) in [4.78, 5) is 15.1. The number of likely N-dealkylation sites (tertiary alicyclic amines) is 1. The number of hydrogen-bond acceptors (Lipinski definition) is 3. The van der Waals surface area contributed by atoms with E-state index < -0.39 is 0 Å². The van der Waals surface area contributed by atoms with E-state index in [-0.39, 0.29) is 17.9 Å². The Balaban J connectivity index is 1.46. The first-order valence-corrected chi connectivity index (χ1v) is 8.98. The first-order valence-electron chi connectivity index (χ1n) is 8.98. The normalized spacial score (nSPS) is 26.6. The molecule has 1 saturated carbocycles. The summed E-state index contributed by atoms with van der Waals surface area (Å²) in [7, 11) is 0. The van der Waals surface area contributed by atoms with Crippen LogP contribution in [-0.2, 0) is 11.3 Å². The Hall–Kier alpha value is -2.04. The average Bonchev–Trinajstić information content (AvgIpc) is 3.04. The fourth-order valence-electron chi connectivity index (χ4n) is 4.04. The third-order valence-electron chi connectivity index (χ3n) is 5.41. The van der Waals surface area contributed by atoms with E-state index in [4.69, 9.17) is 4.42 Å². The molecule has 0 radical (unpaired) electrons. The Labute approximate surface area is 142 Å². The molecule has 0 spiro atoms. The molecule has 24 heavy (non-hydrogen) atoms. The maximum atomic E-state index is 13.0. The third-order valence-corrected chi connectivity index (χ3v) is 5.41. The van der Waals surface area contributed by atoms with Crippen LogP contribution in [0.15, 0.2) is 28.9 Å². The molecule has 2 aromatic rings. The molecular weight excluding hydrogens is 302 g/mol. The summed E-state index contributed by atoms with van der Waals surface area (Å²) < 4.78 is 7.54. The maximum Gasteiger partial charge on any atom is 0.226 e. The standard InChI is InChI=1S/C19H25N3O2/c1-13-10-14(2)22(20-13)12-15-6-3-4-8-21(15)19(23)17-11-16(17)18-7-5-9-24-18/h5,7,9-10,15-17H,3-4,6,8,11-12H2,1-2H3/t15-,16-,17+/m0/s1. The largest absolute Gasteiger partial charge is 0.469 e. The number of piperidine rings is 1. The van der Waals surface area contributed by atoms with Crippen molar-refractivity contribution < 1.29 is 9.21 Å². The molecule has 3 heterocycles. The van der Waals surface area contributed by atoms with E-state index in [1.807, 2.05) is 19.1 Å². The number of carbonyl (C=O) groups is 1. The Morgan fingerprint density at radius 2 is 2.25 bits per heavy atom. The van der Waals surface area contributed by atoms with Gasteiger partial charge in [0.15, 0.2) is 0 Å². The van der Waals surface area contributed by atoms with Gasteiger partial charge < -0.3 is 9.32 Å². The zero-order chi connectivity index (χ0) is 16.7. The fraction of sp³-hybridized carbons (Fsp3) is 0.579. The van der Waals surface area contributed by atoms with Gasteiger partial charge in [-0.2, -0.15) is 5.10 Å². The number of nitrogens with zero attached hydrogens (tertiary/aromatic N) is 3. The number of hydrogen-bond donors (Lipinski definition) is 0. The van der Waals surface area contributed by atoms with Gasteiger partial charge in [-0.25, -0.2) is 0 Å². The Bertz CT molecular complexity index is 719. The molecule has 2 aliphatic rings. The lowest BCUT2D eigenvalue weighted by Gasteiger charge is -2.36. The molecule has 5 heteroatoms. The van der Waals surface area contributed by atoms with Crippen molar-refractivity contribution >= 4 is 5.91 Å². The van der Waals surface area contributed by atoms with Crippen LogP contribution in [0.1, 0.15) is 48.7 Å². The van der Waals surface area contributed by atoms with Crippen molar-refractivity contribution in [1.29, 1.82) is 0 Å². The minimum Gasteiger partial charge on any atom is -0.469 e. The summed E-state index contributed by atoms with van der Waals surface area (Å²) >= 11 is 0. The van der Waals surface area contributed by atoms with Crippen LogP contribution >= 0.6 is 0 Å². The van der Waals surface area contributed by atoms with Crippen molar-refractivity contribution in [2.75, 3.05) is 6.54 Å². The second-order valence-corrected chi connectivity index (χ2v) is 7.25. The van der Waals surface area contributed by atoms with Crippen LogP contribution in [0.4, 0.5) is 0 Å². The Kier molecular flexibility index (Phi) is 3.94. The summed E-state index contributed by atoms with van der Waals surface area (Å²) in [6, 6.07) is 6.26. The van der Waals surface area contributed by atoms with Crippen molar-refractivity contribution in [2.24, 2.45) is 5.92 Å². The van der Waals surface area contributed by atoms with Gasteiger partial charge in [-0.3, -0.25) is 9.48 Å². The number of aryl methyl sites for hydroxylation is 2. The highest BCUT2D eigenvalue weighted by Crippen LogP contribution is 2.49. The van der Waals surface area contributed by atoms with Crippen LogP contribution in [0.3, 0.4) is 0 Å². The minimum absolute atomic E-state index is 0.109. The molecule has 4 rings (SSSR count). The number of amides is 1. The summed E-state index contributed by atoms with van der Waals surface area (Å²) in [5.74, 6) is 1.66. The van der Waals surface area contributed by atoms with Crippen LogP contribution in [0.25, 0.3) is 0 Å². The predicted molar refractivity (Wildman–Crippen MR) is 90.6 cm³/mol. The van der Waals surface area contributed by atoms with Crippen LogP contribution < -0.4 is 0 Å². The van der Waals surface area contributed by atoms with Gasteiger partial charge in [0.05, 0.1) is 24.5 Å². The van der Waals surface area contributed by atoms with E-state index >= 15 is 0 Å². The van der Waals surface area contributed by atoms with E-state index in [0.29, 0.717) is 5.91 Å². The second-order valence-electron chi connectivity index (χ2n) is 7.25. The highest BCUT2D eigenvalue weighted by atomic mass is 16.3. The highest BCUT2D eigenvalue weighted by Gasteiger charge is 2.48. The molecule has 2 aromatic heterocycles. The van der Waals surface area contributed by atoms with E-state index in [0.717, 1.165) is 43.8 Å². The van der Waals surface area contributed by atoms with E-state index in [2.05, 4.69) is 27.7 Å². The van der Waals surface area contributed by atoms with Crippen LogP contribution in [0, 0.1) is 19.8 Å². The van der Waals surface area contributed by atoms with Crippen molar-refractivity contribution in [2.45, 2.75) is 58.0 Å². The van der Waals surface area contributed by atoms with Gasteiger partial charge in [0.1, 0.15) is 5.76 Å². The molecule has 0 unspecified atom stereocenters. The van der Waals surface area contributed by atoms with Crippen LogP contribution in [0.2, 0.25) is 0 Å². The zero-order valence-corrected chi connectivity index (χ0v) is 14.4. The SMILES string of the molecule is Cc1cc(C)n(C[C@@H]2CCCCN2C(=O)[C@@H]2C[C@@H]2c2ccco2)n1. The molecule has 0 bridgehead atoms. The van der Waals surface area contributed by atoms with Crippen LogP contribution in [0.5, 0.6) is 0 Å². The molecular formula is C19H25N3O2. The molecule has 0 N–H and O–H groups in total. The molecule has 1 saturated heterocycles. The number of aromatic nitrogens is 2. The van der Waals surface area contributed by atoms with Gasteiger partial charge in [0.25, 0.3) is 0 Å². The zero-order valence-electron chi connectivity index (χ0n) is 14.4. The van der Waals surface area contributed by atoms with E-state index in [1.165, 1.54) is 12.1 Å². The topological polar surface area (TPSA) is 51.3 Å². The number of carbonyl (C=O) groups excluding carboxylic acids is 1. The van der Waals surface area contributed by atoms with Crippen molar-refractivity contribution in [3.05, 3.63) is 41.6 Å².